The Morgan fingerprint density at radius 1 is 1.47 bits per heavy atom. The number of halogens is 1. The highest BCUT2D eigenvalue weighted by Crippen LogP contribution is 2.27. The Kier molecular flexibility index (Phi) is 4.49. The number of methoxy groups -OCH3 is 1. The maximum absolute atomic E-state index is 5.29. The minimum absolute atomic E-state index is 0.0784. The van der Waals surface area contributed by atoms with E-state index in [-0.39, 0.29) is 6.04 Å². The fourth-order valence-corrected chi connectivity index (χ4v) is 2.23. The van der Waals surface area contributed by atoms with Gasteiger partial charge in [0.2, 0.25) is 0 Å². The van der Waals surface area contributed by atoms with Crippen LogP contribution >= 0.6 is 15.9 Å². The molecule has 0 saturated carbocycles. The van der Waals surface area contributed by atoms with Gasteiger partial charge in [0.1, 0.15) is 5.75 Å². The van der Waals surface area contributed by atoms with E-state index < -0.39 is 0 Å². The van der Waals surface area contributed by atoms with E-state index in [0.29, 0.717) is 0 Å². The van der Waals surface area contributed by atoms with E-state index in [4.69, 9.17) is 4.74 Å². The molecule has 0 bridgehead atoms. The van der Waals surface area contributed by atoms with Crippen molar-refractivity contribution in [1.82, 2.24) is 25.5 Å². The van der Waals surface area contributed by atoms with Crippen molar-refractivity contribution in [2.24, 2.45) is 0 Å². The van der Waals surface area contributed by atoms with Crippen LogP contribution in [0.2, 0.25) is 0 Å². The molecule has 0 fully saturated rings. The molecule has 1 N–H and O–H groups in total. The number of nitrogens with one attached hydrogen (secondary N) is 1. The summed E-state index contributed by atoms with van der Waals surface area (Å²) in [6, 6.07) is 5.82. The second kappa shape index (κ2) is 6.12. The van der Waals surface area contributed by atoms with Gasteiger partial charge in [-0.3, -0.25) is 0 Å². The molecule has 2 aromatic rings. The summed E-state index contributed by atoms with van der Waals surface area (Å²) in [5.41, 5.74) is 0.866. The fraction of sp³-hybridized carbons (Fsp3) is 0.417. The number of hydrogen-bond acceptors (Lipinski definition) is 5. The minimum Gasteiger partial charge on any atom is -0.495 e. The van der Waals surface area contributed by atoms with Crippen LogP contribution in [0.3, 0.4) is 0 Å². The predicted molar refractivity (Wildman–Crippen MR) is 75.5 cm³/mol. The molecule has 1 heterocycles. The predicted octanol–water partition coefficient (Wildman–Crippen LogP) is 2.10. The van der Waals surface area contributed by atoms with Crippen LogP contribution in [0, 0.1) is 0 Å². The zero-order chi connectivity index (χ0) is 13.8. The molecule has 0 saturated heterocycles. The summed E-state index contributed by atoms with van der Waals surface area (Å²) in [6.07, 6.45) is 0. The number of tetrazole rings is 1. The second-order valence-electron chi connectivity index (χ2n) is 4.05. The van der Waals surface area contributed by atoms with Gasteiger partial charge in [-0.15, -0.1) is 5.10 Å². The lowest BCUT2D eigenvalue weighted by Crippen LogP contribution is -2.21. The molecular formula is C12H16BrN5O. The first-order valence-electron chi connectivity index (χ1n) is 6.03. The van der Waals surface area contributed by atoms with Crippen molar-refractivity contribution in [1.29, 1.82) is 0 Å². The molecule has 102 valence electrons. The molecule has 0 amide bonds. The molecule has 7 heteroatoms. The van der Waals surface area contributed by atoms with Crippen LogP contribution in [0.5, 0.6) is 5.75 Å². The average Bonchev–Trinajstić information content (AvgIpc) is 2.89. The van der Waals surface area contributed by atoms with Crippen molar-refractivity contribution >= 4 is 15.9 Å². The van der Waals surface area contributed by atoms with Gasteiger partial charge in [0, 0.05) is 6.07 Å². The van der Waals surface area contributed by atoms with Crippen LogP contribution < -0.4 is 10.1 Å². The van der Waals surface area contributed by atoms with Crippen LogP contribution in [0.4, 0.5) is 0 Å². The van der Waals surface area contributed by atoms with E-state index in [1.807, 2.05) is 32.0 Å². The monoisotopic (exact) mass is 325 g/mol. The highest BCUT2D eigenvalue weighted by Gasteiger charge is 2.15. The zero-order valence-corrected chi connectivity index (χ0v) is 12.7. The fourth-order valence-electron chi connectivity index (χ4n) is 1.83. The average molecular weight is 326 g/mol. The lowest BCUT2D eigenvalue weighted by Gasteiger charge is -2.13. The standard InChI is InChI=1S/C12H16BrN5O/c1-4-14-8(2)12-15-16-17-18(12)9-5-6-10(13)11(7-9)19-3/h5-8,14H,4H2,1-3H3. The number of ether oxygens (including phenoxy) is 1. The quantitative estimate of drug-likeness (QED) is 0.912. The van der Waals surface area contributed by atoms with Crippen LogP contribution in [-0.4, -0.2) is 33.9 Å². The van der Waals surface area contributed by atoms with Crippen LogP contribution in [0.1, 0.15) is 25.7 Å². The molecule has 6 nitrogen and oxygen atoms in total. The molecule has 19 heavy (non-hydrogen) atoms. The lowest BCUT2D eigenvalue weighted by atomic mass is 10.2. The van der Waals surface area contributed by atoms with Crippen LogP contribution in [0.15, 0.2) is 22.7 Å². The van der Waals surface area contributed by atoms with Crippen molar-refractivity contribution in [3.05, 3.63) is 28.5 Å². The van der Waals surface area contributed by atoms with E-state index in [2.05, 4.69) is 36.8 Å². The second-order valence-corrected chi connectivity index (χ2v) is 4.90. The van der Waals surface area contributed by atoms with Crippen LogP contribution in [-0.2, 0) is 0 Å². The third-order valence-electron chi connectivity index (χ3n) is 2.77. The molecule has 0 spiro atoms. The van der Waals surface area contributed by atoms with Gasteiger partial charge in [-0.05, 0) is 52.0 Å². The SMILES string of the molecule is CCNC(C)c1nnnn1-c1ccc(Br)c(OC)c1. The molecule has 0 radical (unpaired) electrons. The Balaban J connectivity index is 2.39. The summed E-state index contributed by atoms with van der Waals surface area (Å²) in [7, 11) is 1.63. The minimum atomic E-state index is 0.0784. The first kappa shape index (κ1) is 14.0. The summed E-state index contributed by atoms with van der Waals surface area (Å²) in [4.78, 5) is 0. The van der Waals surface area contributed by atoms with Gasteiger partial charge in [-0.1, -0.05) is 6.92 Å². The number of benzene rings is 1. The Morgan fingerprint density at radius 3 is 2.95 bits per heavy atom. The molecule has 1 aromatic carbocycles. The van der Waals surface area contributed by atoms with Gasteiger partial charge in [0.05, 0.1) is 23.3 Å². The van der Waals surface area contributed by atoms with Crippen molar-refractivity contribution in [2.45, 2.75) is 19.9 Å². The van der Waals surface area contributed by atoms with E-state index in [0.717, 1.165) is 28.3 Å². The molecule has 0 aliphatic carbocycles. The van der Waals surface area contributed by atoms with Gasteiger partial charge >= 0.3 is 0 Å². The van der Waals surface area contributed by atoms with Gasteiger partial charge < -0.3 is 10.1 Å². The Bertz CT molecular complexity index is 557. The summed E-state index contributed by atoms with van der Waals surface area (Å²) < 4.78 is 7.89. The normalized spacial score (nSPS) is 12.4. The first-order valence-corrected chi connectivity index (χ1v) is 6.82. The largest absolute Gasteiger partial charge is 0.495 e. The van der Waals surface area contributed by atoms with E-state index in [1.54, 1.807) is 11.8 Å². The Labute approximate surface area is 120 Å². The molecule has 1 atom stereocenters. The van der Waals surface area contributed by atoms with Gasteiger partial charge in [0.15, 0.2) is 5.82 Å². The summed E-state index contributed by atoms with van der Waals surface area (Å²) in [5, 5.41) is 15.2. The van der Waals surface area contributed by atoms with Crippen molar-refractivity contribution in [3.63, 3.8) is 0 Å². The number of rotatable bonds is 5. The maximum Gasteiger partial charge on any atom is 0.173 e. The maximum atomic E-state index is 5.29. The third-order valence-corrected chi connectivity index (χ3v) is 3.43. The molecule has 0 aliphatic rings. The topological polar surface area (TPSA) is 64.9 Å². The zero-order valence-electron chi connectivity index (χ0n) is 11.1. The molecular weight excluding hydrogens is 310 g/mol. The first-order chi connectivity index (χ1) is 9.17. The molecule has 1 aromatic heterocycles. The number of nitrogens with zero attached hydrogens (tertiary/aromatic N) is 4. The van der Waals surface area contributed by atoms with Crippen molar-refractivity contribution < 1.29 is 4.74 Å². The van der Waals surface area contributed by atoms with Gasteiger partial charge in [-0.25, -0.2) is 0 Å². The smallest absolute Gasteiger partial charge is 0.173 e. The van der Waals surface area contributed by atoms with Crippen LogP contribution in [0.25, 0.3) is 5.69 Å². The molecule has 0 aliphatic heterocycles. The van der Waals surface area contributed by atoms with Crippen molar-refractivity contribution in [2.75, 3.05) is 13.7 Å². The number of aromatic nitrogens is 4. The Morgan fingerprint density at radius 2 is 2.26 bits per heavy atom. The van der Waals surface area contributed by atoms with Gasteiger partial charge in [0.25, 0.3) is 0 Å². The molecule has 2 rings (SSSR count). The summed E-state index contributed by atoms with van der Waals surface area (Å²) in [6.45, 7) is 4.94. The highest BCUT2D eigenvalue weighted by atomic mass is 79.9. The summed E-state index contributed by atoms with van der Waals surface area (Å²) in [5.74, 6) is 1.52. The molecule has 1 unspecified atom stereocenters. The van der Waals surface area contributed by atoms with E-state index in [9.17, 15) is 0 Å². The lowest BCUT2D eigenvalue weighted by molar-refractivity contribution is 0.411. The number of hydrogen-bond donors (Lipinski definition) is 1. The summed E-state index contributed by atoms with van der Waals surface area (Å²) >= 11 is 3.43. The Hall–Kier alpha value is -1.47. The van der Waals surface area contributed by atoms with Gasteiger partial charge in [-0.2, -0.15) is 4.68 Å². The third kappa shape index (κ3) is 2.93. The highest BCUT2D eigenvalue weighted by molar-refractivity contribution is 9.10. The van der Waals surface area contributed by atoms with E-state index in [1.165, 1.54) is 0 Å². The van der Waals surface area contributed by atoms with E-state index >= 15 is 0 Å². The van der Waals surface area contributed by atoms with Crippen molar-refractivity contribution in [3.8, 4) is 11.4 Å².